The Morgan fingerprint density at radius 2 is 2.00 bits per heavy atom. The van der Waals surface area contributed by atoms with Crippen molar-refractivity contribution in [1.29, 1.82) is 0 Å². The summed E-state index contributed by atoms with van der Waals surface area (Å²) in [6.07, 6.45) is 5.22. The van der Waals surface area contributed by atoms with E-state index in [2.05, 4.69) is 24.5 Å². The number of hydrogen-bond donors (Lipinski definition) is 1. The SMILES string of the molecule is CNC1CCC(Sc2cccc(Cl)c2)CC1. The monoisotopic (exact) mass is 255 g/mol. The van der Waals surface area contributed by atoms with Crippen LogP contribution < -0.4 is 5.32 Å². The molecule has 1 N–H and O–H groups in total. The maximum Gasteiger partial charge on any atom is 0.0417 e. The molecule has 0 saturated heterocycles. The highest BCUT2D eigenvalue weighted by Gasteiger charge is 2.20. The molecule has 0 bridgehead atoms. The van der Waals surface area contributed by atoms with E-state index in [0.29, 0.717) is 0 Å². The molecular formula is C13H18ClNS. The highest BCUT2D eigenvalue weighted by atomic mass is 35.5. The number of rotatable bonds is 3. The number of hydrogen-bond acceptors (Lipinski definition) is 2. The lowest BCUT2D eigenvalue weighted by Crippen LogP contribution is -2.30. The Balaban J connectivity index is 1.87. The Hall–Kier alpha value is -0.180. The van der Waals surface area contributed by atoms with Crippen LogP contribution >= 0.6 is 23.4 Å². The average Bonchev–Trinajstić information content (AvgIpc) is 2.30. The molecule has 0 aliphatic heterocycles. The molecule has 1 nitrogen and oxygen atoms in total. The van der Waals surface area contributed by atoms with Crippen LogP contribution in [0.25, 0.3) is 0 Å². The lowest BCUT2D eigenvalue weighted by atomic mass is 9.95. The van der Waals surface area contributed by atoms with E-state index in [9.17, 15) is 0 Å². The molecule has 0 heterocycles. The summed E-state index contributed by atoms with van der Waals surface area (Å²) in [7, 11) is 2.06. The van der Waals surface area contributed by atoms with E-state index in [1.165, 1.54) is 30.6 Å². The van der Waals surface area contributed by atoms with Crippen LogP contribution in [0.1, 0.15) is 25.7 Å². The van der Waals surface area contributed by atoms with E-state index >= 15 is 0 Å². The van der Waals surface area contributed by atoms with Crippen molar-refractivity contribution in [1.82, 2.24) is 5.32 Å². The first kappa shape index (κ1) is 12.3. The lowest BCUT2D eigenvalue weighted by molar-refractivity contribution is 0.401. The number of nitrogens with one attached hydrogen (secondary N) is 1. The van der Waals surface area contributed by atoms with E-state index in [0.717, 1.165) is 16.3 Å². The topological polar surface area (TPSA) is 12.0 Å². The molecule has 88 valence electrons. The van der Waals surface area contributed by atoms with Crippen molar-refractivity contribution in [3.63, 3.8) is 0 Å². The van der Waals surface area contributed by atoms with Crippen LogP contribution in [0.15, 0.2) is 29.2 Å². The first-order chi connectivity index (χ1) is 7.78. The fourth-order valence-corrected chi connectivity index (χ4v) is 3.70. The van der Waals surface area contributed by atoms with E-state index < -0.39 is 0 Å². The number of thioether (sulfide) groups is 1. The summed E-state index contributed by atoms with van der Waals surface area (Å²) in [6, 6.07) is 8.92. The Morgan fingerprint density at radius 3 is 2.62 bits per heavy atom. The lowest BCUT2D eigenvalue weighted by Gasteiger charge is -2.27. The number of benzene rings is 1. The molecule has 16 heavy (non-hydrogen) atoms. The van der Waals surface area contributed by atoms with Gasteiger partial charge < -0.3 is 5.32 Å². The summed E-state index contributed by atoms with van der Waals surface area (Å²) >= 11 is 7.96. The van der Waals surface area contributed by atoms with Gasteiger partial charge in [-0.1, -0.05) is 17.7 Å². The second kappa shape index (κ2) is 5.95. The molecule has 1 aromatic carbocycles. The smallest absolute Gasteiger partial charge is 0.0417 e. The molecule has 0 aromatic heterocycles. The maximum absolute atomic E-state index is 5.98. The largest absolute Gasteiger partial charge is 0.317 e. The summed E-state index contributed by atoms with van der Waals surface area (Å²) in [5.41, 5.74) is 0. The van der Waals surface area contributed by atoms with Gasteiger partial charge in [0.1, 0.15) is 0 Å². The van der Waals surface area contributed by atoms with Crippen LogP contribution in [0.2, 0.25) is 5.02 Å². The molecule has 0 radical (unpaired) electrons. The normalized spacial score (nSPS) is 25.6. The van der Waals surface area contributed by atoms with E-state index in [1.54, 1.807) is 0 Å². The van der Waals surface area contributed by atoms with Crippen molar-refractivity contribution in [3.05, 3.63) is 29.3 Å². The molecule has 0 atom stereocenters. The van der Waals surface area contributed by atoms with Gasteiger partial charge >= 0.3 is 0 Å². The summed E-state index contributed by atoms with van der Waals surface area (Å²) in [6.45, 7) is 0. The molecular weight excluding hydrogens is 238 g/mol. The second-order valence-corrected chi connectivity index (χ2v) is 6.15. The molecule has 3 heteroatoms. The molecule has 1 aromatic rings. The van der Waals surface area contributed by atoms with Crippen LogP contribution in [0.3, 0.4) is 0 Å². The van der Waals surface area contributed by atoms with Crippen molar-refractivity contribution in [2.75, 3.05) is 7.05 Å². The third-order valence-electron chi connectivity index (χ3n) is 3.18. The zero-order chi connectivity index (χ0) is 11.4. The summed E-state index contributed by atoms with van der Waals surface area (Å²) < 4.78 is 0. The zero-order valence-electron chi connectivity index (χ0n) is 9.58. The average molecular weight is 256 g/mol. The van der Waals surface area contributed by atoms with Crippen LogP contribution in [0.5, 0.6) is 0 Å². The van der Waals surface area contributed by atoms with Gasteiger partial charge in [0.15, 0.2) is 0 Å². The minimum absolute atomic E-state index is 0.733. The standard InChI is InChI=1S/C13H18ClNS/c1-15-11-5-7-12(8-6-11)16-13-4-2-3-10(14)9-13/h2-4,9,11-12,15H,5-8H2,1H3. The van der Waals surface area contributed by atoms with E-state index in [1.807, 2.05) is 23.9 Å². The van der Waals surface area contributed by atoms with Crippen molar-refractivity contribution in [2.24, 2.45) is 0 Å². The molecule has 0 amide bonds. The van der Waals surface area contributed by atoms with Crippen LogP contribution in [0, 0.1) is 0 Å². The highest BCUT2D eigenvalue weighted by molar-refractivity contribution is 8.00. The minimum Gasteiger partial charge on any atom is -0.317 e. The summed E-state index contributed by atoms with van der Waals surface area (Å²) in [5.74, 6) is 0. The minimum atomic E-state index is 0.733. The van der Waals surface area contributed by atoms with E-state index in [-0.39, 0.29) is 0 Å². The molecule has 0 spiro atoms. The van der Waals surface area contributed by atoms with Gasteiger partial charge in [-0.05, 0) is 50.9 Å². The van der Waals surface area contributed by atoms with Gasteiger partial charge in [0.2, 0.25) is 0 Å². The van der Waals surface area contributed by atoms with Crippen molar-refractivity contribution < 1.29 is 0 Å². The van der Waals surface area contributed by atoms with Crippen LogP contribution in [0.4, 0.5) is 0 Å². The predicted octanol–water partition coefficient (Wildman–Crippen LogP) is 3.96. The van der Waals surface area contributed by atoms with Crippen molar-refractivity contribution in [3.8, 4) is 0 Å². The Labute approximate surface area is 107 Å². The third kappa shape index (κ3) is 3.41. The molecule has 0 unspecified atom stereocenters. The van der Waals surface area contributed by atoms with Crippen LogP contribution in [-0.2, 0) is 0 Å². The summed E-state index contributed by atoms with van der Waals surface area (Å²) in [5, 5.41) is 4.98. The molecule has 1 aliphatic carbocycles. The van der Waals surface area contributed by atoms with Crippen molar-refractivity contribution >= 4 is 23.4 Å². The van der Waals surface area contributed by atoms with Gasteiger partial charge in [0, 0.05) is 21.2 Å². The van der Waals surface area contributed by atoms with Gasteiger partial charge in [-0.25, -0.2) is 0 Å². The van der Waals surface area contributed by atoms with Gasteiger partial charge in [0.05, 0.1) is 0 Å². The first-order valence-electron chi connectivity index (χ1n) is 5.87. The van der Waals surface area contributed by atoms with E-state index in [4.69, 9.17) is 11.6 Å². The Bertz CT molecular complexity index is 334. The predicted molar refractivity (Wildman–Crippen MR) is 72.4 cm³/mol. The van der Waals surface area contributed by atoms with Gasteiger partial charge in [-0.2, -0.15) is 0 Å². The quantitative estimate of drug-likeness (QED) is 0.877. The van der Waals surface area contributed by atoms with Crippen LogP contribution in [-0.4, -0.2) is 18.3 Å². The fraction of sp³-hybridized carbons (Fsp3) is 0.538. The van der Waals surface area contributed by atoms with Crippen molar-refractivity contribution in [2.45, 2.75) is 41.9 Å². The number of halogens is 1. The molecule has 1 saturated carbocycles. The maximum atomic E-state index is 5.98. The zero-order valence-corrected chi connectivity index (χ0v) is 11.2. The van der Waals surface area contributed by atoms with Gasteiger partial charge in [-0.15, -0.1) is 11.8 Å². The summed E-state index contributed by atoms with van der Waals surface area (Å²) in [4.78, 5) is 1.31. The van der Waals surface area contributed by atoms with Gasteiger partial charge in [-0.3, -0.25) is 0 Å². The third-order valence-corrected chi connectivity index (χ3v) is 4.75. The molecule has 2 rings (SSSR count). The Kier molecular flexibility index (Phi) is 4.56. The molecule has 1 aliphatic rings. The van der Waals surface area contributed by atoms with Gasteiger partial charge in [0.25, 0.3) is 0 Å². The molecule has 1 fully saturated rings. The fourth-order valence-electron chi connectivity index (χ4n) is 2.20. The Morgan fingerprint density at radius 1 is 1.25 bits per heavy atom. The second-order valence-electron chi connectivity index (χ2n) is 4.34. The first-order valence-corrected chi connectivity index (χ1v) is 7.13. The highest BCUT2D eigenvalue weighted by Crippen LogP contribution is 2.34.